The molecule has 128 valence electrons. The van der Waals surface area contributed by atoms with Gasteiger partial charge in [-0.05, 0) is 34.5 Å². The Morgan fingerprint density at radius 3 is 2.17 bits per heavy atom. The van der Waals surface area contributed by atoms with Gasteiger partial charge in [0.2, 0.25) is 0 Å². The minimum atomic E-state index is -2.24. The molecule has 0 spiro atoms. The standard InChI is InChI=1S/C18H23BrN2O2Si/c1-12(2)24(13(3)4,18-20-9-6-10-21-18)16-8-7-14(11-15(16)19)17(22)23-5/h6-13H,1-5H3. The molecular formula is C18H23BrN2O2Si. The Morgan fingerprint density at radius 1 is 1.12 bits per heavy atom. The molecule has 0 amide bonds. The van der Waals surface area contributed by atoms with Crippen LogP contribution in [0.15, 0.2) is 41.1 Å². The molecule has 0 aliphatic carbocycles. The molecule has 0 unspecified atom stereocenters. The Bertz CT molecular complexity index is 712. The predicted molar refractivity (Wildman–Crippen MR) is 103 cm³/mol. The highest BCUT2D eigenvalue weighted by Gasteiger charge is 2.47. The van der Waals surface area contributed by atoms with Crippen molar-refractivity contribution in [3.63, 3.8) is 0 Å². The van der Waals surface area contributed by atoms with E-state index in [9.17, 15) is 4.79 Å². The molecule has 0 bridgehead atoms. The van der Waals surface area contributed by atoms with Crippen LogP contribution in [0.2, 0.25) is 11.1 Å². The zero-order valence-electron chi connectivity index (χ0n) is 14.7. The van der Waals surface area contributed by atoms with Crippen LogP contribution in [0, 0.1) is 0 Å². The van der Waals surface area contributed by atoms with Crippen LogP contribution in [0.3, 0.4) is 0 Å². The number of carbonyl (C=O) groups is 1. The summed E-state index contributed by atoms with van der Waals surface area (Å²) in [6, 6.07) is 7.57. The predicted octanol–water partition coefficient (Wildman–Crippen LogP) is 3.41. The van der Waals surface area contributed by atoms with Crippen molar-refractivity contribution in [1.29, 1.82) is 0 Å². The molecular weight excluding hydrogens is 384 g/mol. The summed E-state index contributed by atoms with van der Waals surface area (Å²) in [5, 5.41) is 1.21. The van der Waals surface area contributed by atoms with E-state index in [-0.39, 0.29) is 5.97 Å². The van der Waals surface area contributed by atoms with Gasteiger partial charge in [-0.3, -0.25) is 0 Å². The quantitative estimate of drug-likeness (QED) is 0.563. The lowest BCUT2D eigenvalue weighted by molar-refractivity contribution is 0.0600. The zero-order valence-corrected chi connectivity index (χ0v) is 17.3. The highest BCUT2D eigenvalue weighted by atomic mass is 79.9. The molecule has 2 rings (SSSR count). The zero-order chi connectivity index (χ0) is 17.9. The van der Waals surface area contributed by atoms with Crippen LogP contribution >= 0.6 is 15.9 Å². The molecule has 0 N–H and O–H groups in total. The fourth-order valence-electron chi connectivity index (χ4n) is 3.53. The summed E-state index contributed by atoms with van der Waals surface area (Å²) in [4.78, 5) is 21.1. The normalized spacial score (nSPS) is 11.8. The number of benzene rings is 1. The molecule has 0 saturated heterocycles. The fourth-order valence-corrected chi connectivity index (χ4v) is 10.2. The summed E-state index contributed by atoms with van der Waals surface area (Å²) >= 11 is 3.69. The van der Waals surface area contributed by atoms with E-state index in [1.807, 2.05) is 36.7 Å². The van der Waals surface area contributed by atoms with Gasteiger partial charge in [0, 0.05) is 16.9 Å². The van der Waals surface area contributed by atoms with E-state index in [2.05, 4.69) is 53.6 Å². The van der Waals surface area contributed by atoms with Crippen molar-refractivity contribution in [3.05, 3.63) is 46.7 Å². The molecule has 0 aliphatic rings. The summed E-state index contributed by atoms with van der Waals surface area (Å²) < 4.78 is 5.75. The van der Waals surface area contributed by atoms with Gasteiger partial charge in [0.1, 0.15) is 5.45 Å². The summed E-state index contributed by atoms with van der Waals surface area (Å²) in [7, 11) is -0.844. The Labute approximate surface area is 152 Å². The highest BCUT2D eigenvalue weighted by Crippen LogP contribution is 2.33. The van der Waals surface area contributed by atoms with Gasteiger partial charge in [-0.15, -0.1) is 0 Å². The molecule has 0 aliphatic heterocycles. The topological polar surface area (TPSA) is 52.1 Å². The maximum Gasteiger partial charge on any atom is 0.337 e. The minimum Gasteiger partial charge on any atom is -0.465 e. The first kappa shape index (κ1) is 18.8. The minimum absolute atomic E-state index is 0.334. The molecule has 0 radical (unpaired) electrons. The molecule has 2 aromatic rings. The SMILES string of the molecule is COC(=O)c1ccc([Si](c2ncccn2)(C(C)C)C(C)C)c(Br)c1. The first-order valence-corrected chi connectivity index (χ1v) is 11.0. The Balaban J connectivity index is 2.71. The van der Waals surface area contributed by atoms with Crippen LogP contribution in [0.1, 0.15) is 38.1 Å². The first-order chi connectivity index (χ1) is 11.4. The molecule has 1 aromatic carbocycles. The Kier molecular flexibility index (Phi) is 5.93. The molecule has 0 atom stereocenters. The maximum absolute atomic E-state index is 11.8. The van der Waals surface area contributed by atoms with Crippen molar-refractivity contribution in [2.75, 3.05) is 7.11 Å². The van der Waals surface area contributed by atoms with Gasteiger partial charge in [0.05, 0.1) is 12.7 Å². The number of carbonyl (C=O) groups excluding carboxylic acids is 1. The average molecular weight is 407 g/mol. The third kappa shape index (κ3) is 3.17. The van der Waals surface area contributed by atoms with Crippen LogP contribution in [0.4, 0.5) is 0 Å². The summed E-state index contributed by atoms with van der Waals surface area (Å²) in [6.07, 6.45) is 3.62. The Hall–Kier alpha value is -1.53. The molecule has 4 nitrogen and oxygen atoms in total. The van der Waals surface area contributed by atoms with Crippen molar-refractivity contribution in [2.24, 2.45) is 0 Å². The first-order valence-electron chi connectivity index (χ1n) is 8.01. The van der Waals surface area contributed by atoms with E-state index in [4.69, 9.17) is 4.74 Å². The van der Waals surface area contributed by atoms with Crippen molar-refractivity contribution in [1.82, 2.24) is 9.97 Å². The van der Waals surface area contributed by atoms with Gasteiger partial charge in [0.25, 0.3) is 0 Å². The summed E-state index contributed by atoms with van der Waals surface area (Å²) in [5.41, 5.74) is 2.28. The van der Waals surface area contributed by atoms with E-state index in [0.717, 1.165) is 9.92 Å². The van der Waals surface area contributed by atoms with Crippen LogP contribution < -0.4 is 10.6 Å². The van der Waals surface area contributed by atoms with Crippen molar-refractivity contribution < 1.29 is 9.53 Å². The van der Waals surface area contributed by atoms with Gasteiger partial charge in [-0.2, -0.15) is 0 Å². The number of hydrogen-bond donors (Lipinski definition) is 0. The second kappa shape index (κ2) is 7.57. The van der Waals surface area contributed by atoms with Crippen molar-refractivity contribution >= 4 is 40.6 Å². The van der Waals surface area contributed by atoms with Crippen LogP contribution in [0.5, 0.6) is 0 Å². The largest absolute Gasteiger partial charge is 0.465 e. The van der Waals surface area contributed by atoms with Crippen LogP contribution in [-0.4, -0.2) is 31.1 Å². The lowest BCUT2D eigenvalue weighted by atomic mass is 10.2. The molecule has 0 fully saturated rings. The van der Waals surface area contributed by atoms with Gasteiger partial charge in [-0.1, -0.05) is 49.7 Å². The number of methoxy groups -OCH3 is 1. The maximum atomic E-state index is 11.8. The molecule has 1 heterocycles. The number of aromatic nitrogens is 2. The van der Waals surface area contributed by atoms with Gasteiger partial charge in [0.15, 0.2) is 8.07 Å². The number of esters is 1. The second-order valence-electron chi connectivity index (χ2n) is 6.44. The van der Waals surface area contributed by atoms with Gasteiger partial charge >= 0.3 is 5.97 Å². The average Bonchev–Trinajstić information content (AvgIpc) is 2.56. The van der Waals surface area contributed by atoms with Gasteiger partial charge < -0.3 is 4.74 Å². The number of ether oxygens (including phenoxy) is 1. The van der Waals surface area contributed by atoms with E-state index in [0.29, 0.717) is 16.6 Å². The number of rotatable bonds is 5. The monoisotopic (exact) mass is 406 g/mol. The lowest BCUT2D eigenvalue weighted by Crippen LogP contribution is -2.65. The smallest absolute Gasteiger partial charge is 0.337 e. The molecule has 0 saturated carbocycles. The highest BCUT2D eigenvalue weighted by molar-refractivity contribution is 9.10. The fraction of sp³-hybridized carbons (Fsp3) is 0.389. The Morgan fingerprint density at radius 2 is 1.71 bits per heavy atom. The van der Waals surface area contributed by atoms with Crippen molar-refractivity contribution in [3.8, 4) is 0 Å². The second-order valence-corrected chi connectivity index (χ2v) is 12.3. The van der Waals surface area contributed by atoms with Crippen LogP contribution in [0.25, 0.3) is 0 Å². The van der Waals surface area contributed by atoms with E-state index in [1.165, 1.54) is 12.3 Å². The van der Waals surface area contributed by atoms with E-state index < -0.39 is 8.07 Å². The number of hydrogen-bond acceptors (Lipinski definition) is 4. The van der Waals surface area contributed by atoms with Gasteiger partial charge in [-0.25, -0.2) is 14.8 Å². The molecule has 1 aromatic heterocycles. The summed E-state index contributed by atoms with van der Waals surface area (Å²) in [5.74, 6) is -0.334. The third-order valence-electron chi connectivity index (χ3n) is 4.59. The van der Waals surface area contributed by atoms with E-state index in [1.54, 1.807) is 0 Å². The summed E-state index contributed by atoms with van der Waals surface area (Å²) in [6.45, 7) is 8.96. The number of halogens is 1. The third-order valence-corrected chi connectivity index (χ3v) is 11.6. The van der Waals surface area contributed by atoms with Crippen LogP contribution in [-0.2, 0) is 4.74 Å². The van der Waals surface area contributed by atoms with Crippen molar-refractivity contribution in [2.45, 2.75) is 38.8 Å². The lowest BCUT2D eigenvalue weighted by Gasteiger charge is -2.38. The molecule has 6 heteroatoms. The molecule has 24 heavy (non-hydrogen) atoms. The van der Waals surface area contributed by atoms with E-state index >= 15 is 0 Å². The number of nitrogens with zero attached hydrogens (tertiary/aromatic N) is 2.